The number of aromatic hydroxyl groups is 1. The number of rotatable bonds is 3. The van der Waals surface area contributed by atoms with Gasteiger partial charge in [-0.1, -0.05) is 46.2 Å². The van der Waals surface area contributed by atoms with Crippen molar-refractivity contribution in [1.82, 2.24) is 9.78 Å². The molecule has 0 aliphatic rings. The van der Waals surface area contributed by atoms with E-state index in [0.29, 0.717) is 0 Å². The van der Waals surface area contributed by atoms with Crippen LogP contribution in [0.5, 0.6) is 5.88 Å². The van der Waals surface area contributed by atoms with E-state index >= 15 is 0 Å². The van der Waals surface area contributed by atoms with E-state index in [1.807, 2.05) is 31.2 Å². The van der Waals surface area contributed by atoms with Crippen molar-refractivity contribution < 1.29 is 5.11 Å². The fourth-order valence-corrected chi connectivity index (χ4v) is 2.46. The second-order valence-electron chi connectivity index (χ2n) is 6.40. The normalized spacial score (nSPS) is 11.8. The molecule has 0 radical (unpaired) electrons. The van der Waals surface area contributed by atoms with Gasteiger partial charge in [0.2, 0.25) is 5.88 Å². The van der Waals surface area contributed by atoms with Gasteiger partial charge in [0.25, 0.3) is 0 Å². The third-order valence-electron chi connectivity index (χ3n) is 3.41. The van der Waals surface area contributed by atoms with E-state index in [2.05, 4.69) is 32.8 Å². The molecule has 0 fully saturated rings. The summed E-state index contributed by atoms with van der Waals surface area (Å²) in [7, 11) is 0. The van der Waals surface area contributed by atoms with Crippen LogP contribution in [-0.4, -0.2) is 14.9 Å². The first-order valence-electron chi connectivity index (χ1n) is 7.23. The highest BCUT2D eigenvalue weighted by Crippen LogP contribution is 2.33. The lowest BCUT2D eigenvalue weighted by atomic mass is 9.88. The number of hydrogen-bond donors (Lipinski definition) is 1. The average Bonchev–Trinajstić information content (AvgIpc) is 2.68. The van der Waals surface area contributed by atoms with E-state index in [9.17, 15) is 5.11 Å². The minimum absolute atomic E-state index is 0.0724. The predicted molar refractivity (Wildman–Crippen MR) is 82.7 cm³/mol. The predicted octanol–water partition coefficient (Wildman–Crippen LogP) is 4.14. The van der Waals surface area contributed by atoms with E-state index in [-0.39, 0.29) is 11.3 Å². The van der Waals surface area contributed by atoms with Crippen molar-refractivity contribution >= 4 is 0 Å². The monoisotopic (exact) mass is 272 g/mol. The van der Waals surface area contributed by atoms with Crippen LogP contribution in [0.25, 0.3) is 5.69 Å². The first-order valence-corrected chi connectivity index (χ1v) is 7.23. The Labute approximate surface area is 121 Å². The Morgan fingerprint density at radius 2 is 1.95 bits per heavy atom. The molecule has 1 heterocycles. The van der Waals surface area contributed by atoms with Crippen molar-refractivity contribution in [3.63, 3.8) is 0 Å². The van der Waals surface area contributed by atoms with E-state index < -0.39 is 0 Å². The van der Waals surface area contributed by atoms with E-state index in [0.717, 1.165) is 35.3 Å². The second kappa shape index (κ2) is 5.31. The van der Waals surface area contributed by atoms with Crippen molar-refractivity contribution in [2.75, 3.05) is 0 Å². The fraction of sp³-hybridized carbons (Fsp3) is 0.471. The maximum absolute atomic E-state index is 10.5. The van der Waals surface area contributed by atoms with Crippen LogP contribution in [0.1, 0.15) is 50.9 Å². The quantitative estimate of drug-likeness (QED) is 0.912. The molecule has 108 valence electrons. The Morgan fingerprint density at radius 3 is 2.50 bits per heavy atom. The van der Waals surface area contributed by atoms with E-state index in [1.54, 1.807) is 4.68 Å². The Morgan fingerprint density at radius 1 is 1.25 bits per heavy atom. The molecule has 0 saturated carbocycles. The number of benzene rings is 1. The van der Waals surface area contributed by atoms with Gasteiger partial charge in [0.15, 0.2) is 0 Å². The molecule has 0 saturated heterocycles. The molecule has 3 nitrogen and oxygen atoms in total. The Balaban J connectivity index is 2.61. The molecule has 1 aromatic carbocycles. The molecule has 0 aliphatic heterocycles. The van der Waals surface area contributed by atoms with Crippen molar-refractivity contribution in [2.24, 2.45) is 0 Å². The van der Waals surface area contributed by atoms with Gasteiger partial charge in [-0.3, -0.25) is 0 Å². The summed E-state index contributed by atoms with van der Waals surface area (Å²) in [4.78, 5) is 0. The third-order valence-corrected chi connectivity index (χ3v) is 3.41. The summed E-state index contributed by atoms with van der Waals surface area (Å²) >= 11 is 0. The van der Waals surface area contributed by atoms with Crippen LogP contribution >= 0.6 is 0 Å². The van der Waals surface area contributed by atoms with Gasteiger partial charge in [0.1, 0.15) is 0 Å². The first-order chi connectivity index (χ1) is 9.34. The van der Waals surface area contributed by atoms with Crippen LogP contribution in [0.2, 0.25) is 0 Å². The molecule has 0 bridgehead atoms. The third kappa shape index (κ3) is 2.72. The topological polar surface area (TPSA) is 38.0 Å². The van der Waals surface area contributed by atoms with Crippen LogP contribution < -0.4 is 0 Å². The summed E-state index contributed by atoms with van der Waals surface area (Å²) < 4.78 is 1.67. The van der Waals surface area contributed by atoms with Crippen molar-refractivity contribution in [1.29, 1.82) is 0 Å². The zero-order valence-corrected chi connectivity index (χ0v) is 13.1. The van der Waals surface area contributed by atoms with Crippen LogP contribution in [0.3, 0.4) is 0 Å². The van der Waals surface area contributed by atoms with Crippen molar-refractivity contribution in [2.45, 2.75) is 52.9 Å². The lowest BCUT2D eigenvalue weighted by Crippen LogP contribution is -2.14. The number of hydrogen-bond acceptors (Lipinski definition) is 2. The molecule has 0 unspecified atom stereocenters. The minimum Gasteiger partial charge on any atom is -0.493 e. The van der Waals surface area contributed by atoms with Crippen LogP contribution in [-0.2, 0) is 11.8 Å². The largest absolute Gasteiger partial charge is 0.493 e. The molecule has 2 aromatic rings. The van der Waals surface area contributed by atoms with Gasteiger partial charge in [-0.25, -0.2) is 4.68 Å². The van der Waals surface area contributed by atoms with Gasteiger partial charge in [0.05, 0.1) is 11.4 Å². The second-order valence-corrected chi connectivity index (χ2v) is 6.40. The molecule has 20 heavy (non-hydrogen) atoms. The summed E-state index contributed by atoms with van der Waals surface area (Å²) in [5.74, 6) is 0.280. The lowest BCUT2D eigenvalue weighted by Gasteiger charge is -2.16. The fourth-order valence-electron chi connectivity index (χ4n) is 2.46. The smallest absolute Gasteiger partial charge is 0.217 e. The van der Waals surface area contributed by atoms with Crippen molar-refractivity contribution in [3.8, 4) is 11.6 Å². The summed E-state index contributed by atoms with van der Waals surface area (Å²) in [5.41, 5.74) is 3.96. The average molecular weight is 272 g/mol. The number of aryl methyl sites for hydroxylation is 1. The van der Waals surface area contributed by atoms with E-state index in [4.69, 9.17) is 0 Å². The molecule has 2 rings (SSSR count). The number of nitrogens with zero attached hydrogens (tertiary/aromatic N) is 2. The summed E-state index contributed by atoms with van der Waals surface area (Å²) in [5, 5.41) is 15.2. The molecular weight excluding hydrogens is 248 g/mol. The molecular formula is C17H24N2O. The van der Waals surface area contributed by atoms with Crippen LogP contribution in [0, 0.1) is 6.92 Å². The summed E-state index contributed by atoms with van der Waals surface area (Å²) in [6, 6.07) is 8.04. The zero-order valence-electron chi connectivity index (χ0n) is 13.1. The SMILES string of the molecule is CCCc1c(C(C)(C)C)nn(-c2cccc(C)c2)c1O. The van der Waals surface area contributed by atoms with Gasteiger partial charge in [-0.2, -0.15) is 5.10 Å². The van der Waals surface area contributed by atoms with Crippen LogP contribution in [0.4, 0.5) is 0 Å². The standard InChI is InChI=1S/C17H24N2O/c1-6-8-14-15(17(3,4)5)18-19(16(14)20)13-10-7-9-12(2)11-13/h7,9-11,20H,6,8H2,1-5H3. The molecule has 0 amide bonds. The van der Waals surface area contributed by atoms with Gasteiger partial charge in [-0.05, 0) is 31.0 Å². The molecule has 0 spiro atoms. The maximum atomic E-state index is 10.5. The summed E-state index contributed by atoms with van der Waals surface area (Å²) in [6.45, 7) is 10.6. The molecule has 1 N–H and O–H groups in total. The zero-order chi connectivity index (χ0) is 14.9. The highest BCUT2D eigenvalue weighted by Gasteiger charge is 2.26. The van der Waals surface area contributed by atoms with Gasteiger partial charge in [-0.15, -0.1) is 0 Å². The van der Waals surface area contributed by atoms with Gasteiger partial charge < -0.3 is 5.11 Å². The summed E-state index contributed by atoms with van der Waals surface area (Å²) in [6.07, 6.45) is 1.85. The highest BCUT2D eigenvalue weighted by molar-refractivity contribution is 5.44. The molecule has 3 heteroatoms. The Kier molecular flexibility index (Phi) is 3.89. The molecule has 1 aromatic heterocycles. The highest BCUT2D eigenvalue weighted by atomic mass is 16.3. The van der Waals surface area contributed by atoms with E-state index in [1.165, 1.54) is 0 Å². The van der Waals surface area contributed by atoms with Gasteiger partial charge in [0, 0.05) is 11.0 Å². The minimum atomic E-state index is -0.0724. The van der Waals surface area contributed by atoms with Gasteiger partial charge >= 0.3 is 0 Å². The molecule has 0 aliphatic carbocycles. The number of aromatic nitrogens is 2. The Bertz CT molecular complexity index is 606. The molecule has 0 atom stereocenters. The lowest BCUT2D eigenvalue weighted by molar-refractivity contribution is 0.427. The Hall–Kier alpha value is -1.77. The van der Waals surface area contributed by atoms with Crippen LogP contribution in [0.15, 0.2) is 24.3 Å². The van der Waals surface area contributed by atoms with Crippen molar-refractivity contribution in [3.05, 3.63) is 41.1 Å². The maximum Gasteiger partial charge on any atom is 0.217 e. The first kappa shape index (κ1) is 14.6.